The van der Waals surface area contributed by atoms with Crippen molar-refractivity contribution in [2.75, 3.05) is 39.8 Å². The van der Waals surface area contributed by atoms with E-state index in [4.69, 9.17) is 16.3 Å². The third kappa shape index (κ3) is 9.24. The molecule has 202 valence electrons. The molecule has 3 rings (SSSR count). The Morgan fingerprint density at radius 2 is 1.97 bits per heavy atom. The Morgan fingerprint density at radius 1 is 1.17 bits per heavy atom. The summed E-state index contributed by atoms with van der Waals surface area (Å²) in [5, 5.41) is 10.1. The van der Waals surface area contributed by atoms with Gasteiger partial charge in [-0.15, -0.1) is 0 Å². The normalized spacial score (nSPS) is 20.5. The van der Waals surface area contributed by atoms with Gasteiger partial charge in [0.2, 0.25) is 5.91 Å². The van der Waals surface area contributed by atoms with Crippen LogP contribution in [-0.2, 0) is 9.53 Å². The van der Waals surface area contributed by atoms with Crippen molar-refractivity contribution in [1.82, 2.24) is 20.9 Å². The predicted octanol–water partition coefficient (Wildman–Crippen LogP) is 4.90. The Hall–Kier alpha value is -1.83. The van der Waals surface area contributed by atoms with Crippen LogP contribution in [0.3, 0.4) is 0 Å². The summed E-state index contributed by atoms with van der Waals surface area (Å²) in [6.45, 7) is 4.75. The van der Waals surface area contributed by atoms with E-state index in [1.54, 1.807) is 0 Å². The third-order valence-electron chi connectivity index (χ3n) is 7.44. The summed E-state index contributed by atoms with van der Waals surface area (Å²) in [6.07, 6.45) is 9.93. The van der Waals surface area contributed by atoms with Crippen LogP contribution >= 0.6 is 11.6 Å². The summed E-state index contributed by atoms with van der Waals surface area (Å²) in [5.74, 6) is 0.668. The molecule has 0 spiro atoms. The summed E-state index contributed by atoms with van der Waals surface area (Å²) in [7, 11) is 1.94. The molecule has 0 radical (unpaired) electrons. The number of urea groups is 1. The summed E-state index contributed by atoms with van der Waals surface area (Å²) in [6, 6.07) is 7.78. The van der Waals surface area contributed by atoms with E-state index >= 15 is 0 Å². The van der Waals surface area contributed by atoms with Crippen LogP contribution in [0.2, 0.25) is 5.02 Å². The first-order chi connectivity index (χ1) is 17.5. The fourth-order valence-corrected chi connectivity index (χ4v) is 5.84. The monoisotopic (exact) mass is 520 g/mol. The van der Waals surface area contributed by atoms with Gasteiger partial charge in [0, 0.05) is 43.2 Å². The lowest BCUT2D eigenvalue weighted by atomic mass is 9.85. The van der Waals surface area contributed by atoms with E-state index in [0.29, 0.717) is 24.0 Å². The van der Waals surface area contributed by atoms with Crippen LogP contribution in [0.4, 0.5) is 4.79 Å². The average Bonchev–Trinajstić information content (AvgIpc) is 2.88. The molecule has 1 saturated heterocycles. The zero-order valence-corrected chi connectivity index (χ0v) is 22.8. The molecule has 8 heteroatoms. The van der Waals surface area contributed by atoms with E-state index < -0.39 is 0 Å². The molecule has 0 bridgehead atoms. The number of ether oxygens (including phenoxy) is 1. The fourth-order valence-electron chi connectivity index (χ4n) is 5.64. The van der Waals surface area contributed by atoms with E-state index in [1.807, 2.05) is 43.1 Å². The Balaban J connectivity index is 1.64. The number of piperidine rings is 1. The number of hydrogen-bond acceptors (Lipinski definition) is 4. The van der Waals surface area contributed by atoms with E-state index in [-0.39, 0.29) is 36.6 Å². The second-order valence-corrected chi connectivity index (χ2v) is 10.9. The van der Waals surface area contributed by atoms with E-state index in [9.17, 15) is 9.59 Å². The molecule has 1 aliphatic heterocycles. The number of likely N-dealkylation sites (tertiary alicyclic amines) is 1. The molecule has 3 N–H and O–H groups in total. The molecule has 0 aromatic heterocycles. The number of benzene rings is 1. The van der Waals surface area contributed by atoms with Crippen LogP contribution in [-0.4, -0.2) is 62.7 Å². The predicted molar refractivity (Wildman–Crippen MR) is 145 cm³/mol. The van der Waals surface area contributed by atoms with E-state index in [1.165, 1.54) is 32.1 Å². The van der Waals surface area contributed by atoms with E-state index in [2.05, 4.69) is 16.0 Å². The van der Waals surface area contributed by atoms with Gasteiger partial charge in [-0.1, -0.05) is 62.8 Å². The number of rotatable bonds is 12. The zero-order valence-electron chi connectivity index (χ0n) is 22.1. The topological polar surface area (TPSA) is 82.7 Å². The summed E-state index contributed by atoms with van der Waals surface area (Å²) >= 11 is 6.29. The number of likely N-dealkylation sites (N-methyl/N-ethyl adjacent to an activating group) is 1. The van der Waals surface area contributed by atoms with Gasteiger partial charge in [-0.25, -0.2) is 4.79 Å². The molecule has 1 heterocycles. The Bertz CT molecular complexity index is 818. The molecule has 2 unspecified atom stereocenters. The number of hydrogen-bond donors (Lipinski definition) is 3. The molecule has 1 aromatic rings. The number of halogens is 1. The van der Waals surface area contributed by atoms with Crippen molar-refractivity contribution in [1.29, 1.82) is 0 Å². The zero-order chi connectivity index (χ0) is 25.8. The van der Waals surface area contributed by atoms with Gasteiger partial charge in [-0.05, 0) is 56.3 Å². The van der Waals surface area contributed by atoms with E-state index in [0.717, 1.165) is 44.3 Å². The van der Waals surface area contributed by atoms with Crippen molar-refractivity contribution in [3.63, 3.8) is 0 Å². The Morgan fingerprint density at radius 3 is 2.69 bits per heavy atom. The summed E-state index contributed by atoms with van der Waals surface area (Å²) < 4.78 is 6.19. The molecule has 3 atom stereocenters. The largest absolute Gasteiger partial charge is 0.363 e. The first kappa shape index (κ1) is 28.7. The first-order valence-corrected chi connectivity index (χ1v) is 14.2. The van der Waals surface area contributed by atoms with Gasteiger partial charge < -0.3 is 25.6 Å². The van der Waals surface area contributed by atoms with Crippen molar-refractivity contribution in [2.24, 2.45) is 11.8 Å². The average molecular weight is 521 g/mol. The molecule has 36 heavy (non-hydrogen) atoms. The van der Waals surface area contributed by atoms with Gasteiger partial charge in [0.05, 0.1) is 6.10 Å². The quantitative estimate of drug-likeness (QED) is 0.366. The van der Waals surface area contributed by atoms with Crippen molar-refractivity contribution >= 4 is 23.5 Å². The number of amides is 3. The Labute approximate surface area is 222 Å². The van der Waals surface area contributed by atoms with Crippen molar-refractivity contribution in [3.05, 3.63) is 34.9 Å². The SMILES string of the molecule is CCCNC(=O)CO[C@@H](c1cccc(Cl)c1)C1CCCN(C(=O)NC(CNC)CC2CCCCC2)C1. The fraction of sp³-hybridized carbons (Fsp3) is 0.714. The summed E-state index contributed by atoms with van der Waals surface area (Å²) in [4.78, 5) is 27.5. The van der Waals surface area contributed by atoms with Crippen LogP contribution in [0.15, 0.2) is 24.3 Å². The van der Waals surface area contributed by atoms with Gasteiger partial charge in [0.1, 0.15) is 6.61 Å². The highest BCUT2D eigenvalue weighted by molar-refractivity contribution is 6.30. The highest BCUT2D eigenvalue weighted by atomic mass is 35.5. The van der Waals surface area contributed by atoms with Crippen LogP contribution in [0, 0.1) is 11.8 Å². The van der Waals surface area contributed by atoms with Gasteiger partial charge in [0.15, 0.2) is 0 Å². The lowest BCUT2D eigenvalue weighted by Gasteiger charge is -2.38. The molecular formula is C28H45ClN4O3. The van der Waals surface area contributed by atoms with Crippen LogP contribution in [0.1, 0.15) is 76.4 Å². The lowest BCUT2D eigenvalue weighted by molar-refractivity contribution is -0.129. The highest BCUT2D eigenvalue weighted by Crippen LogP contribution is 2.34. The number of nitrogens with one attached hydrogen (secondary N) is 3. The Kier molecular flexibility index (Phi) is 12.3. The standard InChI is InChI=1S/C28H45ClN4O3/c1-3-14-31-26(34)20-36-27(22-11-7-13-24(29)17-22)23-12-8-15-33(19-23)28(35)32-25(18-30-2)16-21-9-5-4-6-10-21/h7,11,13,17,21,23,25,27,30H,3-6,8-10,12,14-16,18-20H2,1-2H3,(H,31,34)(H,32,35)/t23?,25?,27-/m0/s1. The minimum absolute atomic E-state index is 0.00120. The molecule has 2 aliphatic rings. The van der Waals surface area contributed by atoms with Crippen LogP contribution < -0.4 is 16.0 Å². The molecule has 7 nitrogen and oxygen atoms in total. The molecule has 3 amide bonds. The maximum absolute atomic E-state index is 13.3. The number of carbonyl (C=O) groups is 2. The second-order valence-electron chi connectivity index (χ2n) is 10.4. The smallest absolute Gasteiger partial charge is 0.317 e. The van der Waals surface area contributed by atoms with Crippen molar-refractivity contribution < 1.29 is 14.3 Å². The van der Waals surface area contributed by atoms with Crippen molar-refractivity contribution in [3.8, 4) is 0 Å². The minimum Gasteiger partial charge on any atom is -0.363 e. The van der Waals surface area contributed by atoms with Crippen LogP contribution in [0.25, 0.3) is 0 Å². The van der Waals surface area contributed by atoms with Gasteiger partial charge >= 0.3 is 6.03 Å². The molecule has 1 aromatic carbocycles. The number of carbonyl (C=O) groups excluding carboxylic acids is 2. The first-order valence-electron chi connectivity index (χ1n) is 13.8. The molecular weight excluding hydrogens is 476 g/mol. The molecule has 1 aliphatic carbocycles. The molecule has 1 saturated carbocycles. The van der Waals surface area contributed by atoms with Gasteiger partial charge in [-0.2, -0.15) is 0 Å². The van der Waals surface area contributed by atoms with Gasteiger partial charge in [-0.3, -0.25) is 4.79 Å². The third-order valence-corrected chi connectivity index (χ3v) is 7.67. The highest BCUT2D eigenvalue weighted by Gasteiger charge is 2.32. The lowest BCUT2D eigenvalue weighted by Crippen LogP contribution is -2.52. The van der Waals surface area contributed by atoms with Gasteiger partial charge in [0.25, 0.3) is 0 Å². The van der Waals surface area contributed by atoms with Crippen molar-refractivity contribution in [2.45, 2.75) is 76.9 Å². The summed E-state index contributed by atoms with van der Waals surface area (Å²) in [5.41, 5.74) is 0.948. The molecule has 2 fully saturated rings. The minimum atomic E-state index is -0.304. The maximum Gasteiger partial charge on any atom is 0.317 e. The maximum atomic E-state index is 13.3. The second kappa shape index (κ2) is 15.4. The number of nitrogens with zero attached hydrogens (tertiary/aromatic N) is 1. The van der Waals surface area contributed by atoms with Crippen LogP contribution in [0.5, 0.6) is 0 Å².